The summed E-state index contributed by atoms with van der Waals surface area (Å²) in [6.07, 6.45) is 8.85. The zero-order valence-corrected chi connectivity index (χ0v) is 16.4. The van der Waals surface area contributed by atoms with Crippen LogP contribution in [0.25, 0.3) is 0 Å². The number of nitrogens with one attached hydrogen (secondary N) is 1. The van der Waals surface area contributed by atoms with Crippen molar-refractivity contribution < 1.29 is 4.79 Å². The summed E-state index contributed by atoms with van der Waals surface area (Å²) in [4.78, 5) is 17.6. The first-order valence-electron chi connectivity index (χ1n) is 10.7. The van der Waals surface area contributed by atoms with Crippen LogP contribution in [0.2, 0.25) is 0 Å². The minimum Gasteiger partial charge on any atom is -0.352 e. The lowest BCUT2D eigenvalue weighted by Gasteiger charge is -2.43. The number of likely N-dealkylation sites (tertiary alicyclic amines) is 2. The summed E-state index contributed by atoms with van der Waals surface area (Å²) in [5, 5.41) is 2.99. The Morgan fingerprint density at radius 3 is 2.41 bits per heavy atom. The van der Waals surface area contributed by atoms with Gasteiger partial charge in [-0.15, -0.1) is 6.58 Å². The third kappa shape index (κ3) is 4.27. The Labute approximate surface area is 163 Å². The molecular weight excluding hydrogens is 334 g/mol. The number of fused-ring (bicyclic) bond motifs is 1. The van der Waals surface area contributed by atoms with E-state index in [1.54, 1.807) is 17.2 Å². The second-order valence-corrected chi connectivity index (χ2v) is 8.47. The van der Waals surface area contributed by atoms with Crippen LogP contribution in [0.4, 0.5) is 0 Å². The smallest absolute Gasteiger partial charge is 0.224 e. The number of hydrogen-bond acceptors (Lipinski definition) is 3. The highest BCUT2D eigenvalue weighted by molar-refractivity contribution is 5.79. The first-order valence-corrected chi connectivity index (χ1v) is 10.7. The Kier molecular flexibility index (Phi) is 5.94. The molecule has 0 aromatic heterocycles. The summed E-state index contributed by atoms with van der Waals surface area (Å²) in [7, 11) is 0. The van der Waals surface area contributed by atoms with Crippen LogP contribution in [0.15, 0.2) is 36.9 Å². The van der Waals surface area contributed by atoms with Gasteiger partial charge in [0.2, 0.25) is 5.91 Å². The van der Waals surface area contributed by atoms with Crippen molar-refractivity contribution in [2.75, 3.05) is 32.7 Å². The van der Waals surface area contributed by atoms with Gasteiger partial charge in [-0.1, -0.05) is 30.3 Å². The van der Waals surface area contributed by atoms with Crippen molar-refractivity contribution in [2.45, 2.75) is 50.6 Å². The van der Waals surface area contributed by atoms with Crippen molar-refractivity contribution in [3.63, 3.8) is 0 Å². The standard InChI is InChI=1S/C23H33N3O/c1-2-11-24-23(27)20-8-5-12-26(17-20)21-9-13-25(14-10-21)22-15-18-6-3-4-7-19(18)16-22/h2-4,6-7,20-22H,1,5,8-17H2,(H,24,27). The SMILES string of the molecule is C=CCNC(=O)C1CCCN(C2CCN(C3Cc4ccccc4C3)CC2)C1. The van der Waals surface area contributed by atoms with Gasteiger partial charge in [-0.05, 0) is 69.3 Å². The fourth-order valence-electron chi connectivity index (χ4n) is 5.28. The minimum absolute atomic E-state index is 0.154. The largest absolute Gasteiger partial charge is 0.352 e. The van der Waals surface area contributed by atoms with E-state index in [2.05, 4.69) is 46.0 Å². The molecule has 2 saturated heterocycles. The second-order valence-electron chi connectivity index (χ2n) is 8.47. The molecule has 4 heteroatoms. The van der Waals surface area contributed by atoms with E-state index in [-0.39, 0.29) is 11.8 Å². The predicted molar refractivity (Wildman–Crippen MR) is 110 cm³/mol. The lowest BCUT2D eigenvalue weighted by atomic mass is 9.92. The van der Waals surface area contributed by atoms with E-state index in [0.29, 0.717) is 18.6 Å². The summed E-state index contributed by atoms with van der Waals surface area (Å²) in [5.41, 5.74) is 3.10. The van der Waals surface area contributed by atoms with Crippen molar-refractivity contribution in [3.8, 4) is 0 Å². The third-order valence-corrected chi connectivity index (χ3v) is 6.81. The maximum Gasteiger partial charge on any atom is 0.224 e. The predicted octanol–water partition coefficient (Wildman–Crippen LogP) is 2.63. The number of nitrogens with zero attached hydrogens (tertiary/aromatic N) is 2. The van der Waals surface area contributed by atoms with Crippen LogP contribution in [0.3, 0.4) is 0 Å². The van der Waals surface area contributed by atoms with Crippen molar-refractivity contribution >= 4 is 5.91 Å². The van der Waals surface area contributed by atoms with Crippen LogP contribution in [0.1, 0.15) is 36.8 Å². The van der Waals surface area contributed by atoms with Gasteiger partial charge < -0.3 is 5.32 Å². The Balaban J connectivity index is 1.27. The normalized spacial score (nSPS) is 25.3. The molecule has 0 saturated carbocycles. The van der Waals surface area contributed by atoms with E-state index < -0.39 is 0 Å². The molecule has 4 nitrogen and oxygen atoms in total. The molecule has 1 amide bonds. The van der Waals surface area contributed by atoms with Crippen LogP contribution in [-0.4, -0.2) is 60.5 Å². The van der Waals surface area contributed by atoms with E-state index >= 15 is 0 Å². The molecule has 1 N–H and O–H groups in total. The molecule has 0 spiro atoms. The topological polar surface area (TPSA) is 35.6 Å². The first-order chi connectivity index (χ1) is 13.2. The summed E-state index contributed by atoms with van der Waals surface area (Å²) in [6, 6.07) is 10.3. The lowest BCUT2D eigenvalue weighted by Crippen LogP contribution is -2.52. The number of carbonyl (C=O) groups excluding carboxylic acids is 1. The fraction of sp³-hybridized carbons (Fsp3) is 0.609. The number of benzene rings is 1. The Morgan fingerprint density at radius 1 is 1.04 bits per heavy atom. The highest BCUT2D eigenvalue weighted by atomic mass is 16.1. The average molecular weight is 368 g/mol. The molecule has 1 unspecified atom stereocenters. The molecule has 2 fully saturated rings. The van der Waals surface area contributed by atoms with E-state index in [1.165, 1.54) is 38.8 Å². The number of carbonyl (C=O) groups is 1. The summed E-state index contributed by atoms with van der Waals surface area (Å²) >= 11 is 0. The van der Waals surface area contributed by atoms with Gasteiger partial charge in [-0.3, -0.25) is 14.6 Å². The molecule has 1 aliphatic carbocycles. The number of hydrogen-bond donors (Lipinski definition) is 1. The van der Waals surface area contributed by atoms with Crippen molar-refractivity contribution in [1.82, 2.24) is 15.1 Å². The maximum absolute atomic E-state index is 12.3. The second kappa shape index (κ2) is 8.57. The van der Waals surface area contributed by atoms with E-state index in [1.807, 2.05) is 0 Å². The average Bonchev–Trinajstić information content (AvgIpc) is 3.16. The Morgan fingerprint density at radius 2 is 1.74 bits per heavy atom. The van der Waals surface area contributed by atoms with Crippen molar-refractivity contribution in [1.29, 1.82) is 0 Å². The molecular formula is C23H33N3O. The highest BCUT2D eigenvalue weighted by Crippen LogP contribution is 2.29. The molecule has 4 rings (SSSR count). The molecule has 2 heterocycles. The molecule has 27 heavy (non-hydrogen) atoms. The quantitative estimate of drug-likeness (QED) is 0.813. The number of amides is 1. The molecule has 2 aliphatic heterocycles. The molecule has 1 atom stereocenters. The molecule has 0 bridgehead atoms. The van der Waals surface area contributed by atoms with Gasteiger partial charge in [0.15, 0.2) is 0 Å². The zero-order chi connectivity index (χ0) is 18.6. The van der Waals surface area contributed by atoms with Crippen LogP contribution in [0, 0.1) is 5.92 Å². The Hall–Kier alpha value is -1.65. The van der Waals surface area contributed by atoms with Crippen LogP contribution in [-0.2, 0) is 17.6 Å². The molecule has 146 valence electrons. The van der Waals surface area contributed by atoms with Gasteiger partial charge in [0, 0.05) is 25.2 Å². The number of rotatable bonds is 5. The lowest BCUT2D eigenvalue weighted by molar-refractivity contribution is -0.127. The van der Waals surface area contributed by atoms with Gasteiger partial charge in [-0.2, -0.15) is 0 Å². The number of piperidine rings is 2. The van der Waals surface area contributed by atoms with Crippen LogP contribution < -0.4 is 5.32 Å². The van der Waals surface area contributed by atoms with E-state index in [9.17, 15) is 4.79 Å². The highest BCUT2D eigenvalue weighted by Gasteiger charge is 2.34. The summed E-state index contributed by atoms with van der Waals surface area (Å²) < 4.78 is 0. The molecule has 0 radical (unpaired) electrons. The van der Waals surface area contributed by atoms with Gasteiger partial charge in [-0.25, -0.2) is 0 Å². The summed E-state index contributed by atoms with van der Waals surface area (Å²) in [6.45, 7) is 8.76. The van der Waals surface area contributed by atoms with Gasteiger partial charge >= 0.3 is 0 Å². The van der Waals surface area contributed by atoms with Crippen LogP contribution >= 0.6 is 0 Å². The third-order valence-electron chi connectivity index (χ3n) is 6.81. The van der Waals surface area contributed by atoms with E-state index in [0.717, 1.165) is 25.9 Å². The van der Waals surface area contributed by atoms with Gasteiger partial charge in [0.05, 0.1) is 5.92 Å². The summed E-state index contributed by atoms with van der Waals surface area (Å²) in [5.74, 6) is 0.363. The maximum atomic E-state index is 12.3. The Bertz CT molecular complexity index is 640. The monoisotopic (exact) mass is 367 g/mol. The molecule has 1 aromatic carbocycles. The van der Waals surface area contributed by atoms with E-state index in [4.69, 9.17) is 0 Å². The first kappa shape index (κ1) is 18.7. The van der Waals surface area contributed by atoms with Crippen molar-refractivity contribution in [2.24, 2.45) is 5.92 Å². The van der Waals surface area contributed by atoms with Crippen LogP contribution in [0.5, 0.6) is 0 Å². The molecule has 3 aliphatic rings. The molecule has 1 aromatic rings. The van der Waals surface area contributed by atoms with Gasteiger partial charge in [0.1, 0.15) is 0 Å². The minimum atomic E-state index is 0.154. The zero-order valence-electron chi connectivity index (χ0n) is 16.4. The van der Waals surface area contributed by atoms with Crippen molar-refractivity contribution in [3.05, 3.63) is 48.0 Å². The van der Waals surface area contributed by atoms with Gasteiger partial charge in [0.25, 0.3) is 0 Å². The fourth-order valence-corrected chi connectivity index (χ4v) is 5.28.